The maximum absolute atomic E-state index is 12.7. The van der Waals surface area contributed by atoms with Crippen molar-refractivity contribution in [2.45, 2.75) is 18.9 Å². The van der Waals surface area contributed by atoms with Crippen LogP contribution in [-0.4, -0.2) is 37.8 Å². The van der Waals surface area contributed by atoms with E-state index in [4.69, 9.17) is 0 Å². The van der Waals surface area contributed by atoms with Gasteiger partial charge in [0.2, 0.25) is 5.91 Å². The van der Waals surface area contributed by atoms with E-state index in [0.29, 0.717) is 10.9 Å². The fraction of sp³-hybridized carbons (Fsp3) is 0.316. The van der Waals surface area contributed by atoms with Crippen LogP contribution in [-0.2, 0) is 18.9 Å². The van der Waals surface area contributed by atoms with E-state index in [1.807, 2.05) is 32.0 Å². The molecule has 2 aromatic heterocycles. The van der Waals surface area contributed by atoms with Crippen molar-refractivity contribution in [3.63, 3.8) is 0 Å². The largest absolute Gasteiger partial charge is 0.358 e. The van der Waals surface area contributed by atoms with Crippen LogP contribution in [0.15, 0.2) is 32.8 Å². The fourth-order valence-corrected chi connectivity index (χ4v) is 3.86. The smallest absolute Gasteiger partial charge is 0.332 e. The summed E-state index contributed by atoms with van der Waals surface area (Å²) in [4.78, 5) is 45.9. The lowest BCUT2D eigenvalue weighted by Gasteiger charge is -2.12. The van der Waals surface area contributed by atoms with E-state index in [1.54, 1.807) is 14.1 Å². The van der Waals surface area contributed by atoms with Crippen molar-refractivity contribution in [3.8, 4) is 11.4 Å². The molecule has 1 N–H and O–H groups in total. The standard InChI is InChI=1S/C19H21N5O3S/c1-10-6-11(2)8-12(7-10)15-21-16-14(17(22-15)28-9-13(25)20-3)18(26)24(5)19(27)23(16)4/h6-8H,9H2,1-5H3,(H,20,25). The first-order valence-electron chi connectivity index (χ1n) is 8.62. The van der Waals surface area contributed by atoms with Crippen LogP contribution in [0.25, 0.3) is 22.4 Å². The van der Waals surface area contributed by atoms with Crippen LogP contribution in [0.2, 0.25) is 0 Å². The Morgan fingerprint density at radius 2 is 1.71 bits per heavy atom. The second-order valence-electron chi connectivity index (χ2n) is 6.59. The van der Waals surface area contributed by atoms with E-state index in [9.17, 15) is 14.4 Å². The number of amides is 1. The number of rotatable bonds is 4. The zero-order valence-electron chi connectivity index (χ0n) is 16.4. The van der Waals surface area contributed by atoms with Gasteiger partial charge in [-0.1, -0.05) is 29.0 Å². The van der Waals surface area contributed by atoms with E-state index in [0.717, 1.165) is 33.0 Å². The Labute approximate surface area is 165 Å². The molecule has 0 saturated carbocycles. The molecule has 9 heteroatoms. The molecular weight excluding hydrogens is 378 g/mol. The highest BCUT2D eigenvalue weighted by molar-refractivity contribution is 8.00. The van der Waals surface area contributed by atoms with Gasteiger partial charge in [0.15, 0.2) is 11.5 Å². The van der Waals surface area contributed by atoms with Crippen molar-refractivity contribution in [3.05, 3.63) is 50.2 Å². The molecule has 0 bridgehead atoms. The van der Waals surface area contributed by atoms with Crippen LogP contribution in [0.3, 0.4) is 0 Å². The van der Waals surface area contributed by atoms with Gasteiger partial charge in [-0.05, 0) is 26.0 Å². The maximum atomic E-state index is 12.7. The topological polar surface area (TPSA) is 98.9 Å². The SMILES string of the molecule is CNC(=O)CSc1nc(-c2cc(C)cc(C)c2)nc2c1c(=O)n(C)c(=O)n2C. The van der Waals surface area contributed by atoms with Gasteiger partial charge in [0, 0.05) is 26.7 Å². The molecule has 0 aliphatic carbocycles. The Hall–Kier alpha value is -2.94. The minimum Gasteiger partial charge on any atom is -0.358 e. The monoisotopic (exact) mass is 399 g/mol. The van der Waals surface area contributed by atoms with E-state index in [2.05, 4.69) is 15.3 Å². The molecule has 146 valence electrons. The van der Waals surface area contributed by atoms with Crippen molar-refractivity contribution >= 4 is 28.7 Å². The van der Waals surface area contributed by atoms with Crippen LogP contribution in [0.1, 0.15) is 11.1 Å². The molecule has 1 aromatic carbocycles. The summed E-state index contributed by atoms with van der Waals surface area (Å²) in [5.74, 6) is 0.314. The average molecular weight is 399 g/mol. The van der Waals surface area contributed by atoms with Crippen LogP contribution in [0.4, 0.5) is 0 Å². The minimum atomic E-state index is -0.482. The van der Waals surface area contributed by atoms with Crippen molar-refractivity contribution in [1.82, 2.24) is 24.4 Å². The Balaban J connectivity index is 2.34. The second kappa shape index (κ2) is 7.59. The summed E-state index contributed by atoms with van der Waals surface area (Å²) in [6.07, 6.45) is 0. The summed E-state index contributed by atoms with van der Waals surface area (Å²) in [7, 11) is 4.52. The van der Waals surface area contributed by atoms with Crippen molar-refractivity contribution in [2.75, 3.05) is 12.8 Å². The number of hydrogen-bond donors (Lipinski definition) is 1. The van der Waals surface area contributed by atoms with Gasteiger partial charge in [-0.25, -0.2) is 14.8 Å². The van der Waals surface area contributed by atoms with Crippen LogP contribution in [0, 0.1) is 13.8 Å². The molecule has 0 radical (unpaired) electrons. The third kappa shape index (κ3) is 3.57. The molecule has 0 saturated heterocycles. The predicted octanol–water partition coefficient (Wildman–Crippen LogP) is 1.15. The summed E-state index contributed by atoms with van der Waals surface area (Å²) in [5.41, 5.74) is 2.19. The van der Waals surface area contributed by atoms with Crippen LogP contribution < -0.4 is 16.6 Å². The lowest BCUT2D eigenvalue weighted by Crippen LogP contribution is -2.37. The third-order valence-electron chi connectivity index (χ3n) is 4.37. The quantitative estimate of drug-likeness (QED) is 0.522. The Kier molecular flexibility index (Phi) is 5.37. The molecular formula is C19H21N5O3S. The van der Waals surface area contributed by atoms with Crippen molar-refractivity contribution < 1.29 is 4.79 Å². The van der Waals surface area contributed by atoms with Crippen LogP contribution >= 0.6 is 11.8 Å². The maximum Gasteiger partial charge on any atom is 0.332 e. The number of nitrogens with one attached hydrogen (secondary N) is 1. The fourth-order valence-electron chi connectivity index (χ4n) is 2.97. The molecule has 28 heavy (non-hydrogen) atoms. The van der Waals surface area contributed by atoms with Gasteiger partial charge >= 0.3 is 5.69 Å². The third-order valence-corrected chi connectivity index (χ3v) is 5.34. The van der Waals surface area contributed by atoms with Gasteiger partial charge in [0.1, 0.15) is 10.4 Å². The molecule has 3 aromatic rings. The zero-order chi connectivity index (χ0) is 20.6. The number of benzene rings is 1. The molecule has 0 atom stereocenters. The normalized spacial score (nSPS) is 11.0. The number of thioether (sulfide) groups is 1. The molecule has 0 fully saturated rings. The first-order chi connectivity index (χ1) is 13.2. The van der Waals surface area contributed by atoms with E-state index in [-0.39, 0.29) is 22.7 Å². The highest BCUT2D eigenvalue weighted by Gasteiger charge is 2.19. The van der Waals surface area contributed by atoms with Gasteiger partial charge in [-0.3, -0.25) is 18.7 Å². The molecule has 0 aliphatic heterocycles. The molecule has 0 aliphatic rings. The number of carbonyl (C=O) groups excluding carboxylic acids is 1. The van der Waals surface area contributed by atoms with E-state index >= 15 is 0 Å². The number of aromatic nitrogens is 4. The average Bonchev–Trinajstić information content (AvgIpc) is 2.67. The molecule has 0 spiro atoms. The Bertz CT molecular complexity index is 1190. The number of nitrogens with zero attached hydrogens (tertiary/aromatic N) is 4. The highest BCUT2D eigenvalue weighted by Crippen LogP contribution is 2.27. The summed E-state index contributed by atoms with van der Waals surface area (Å²) in [6.45, 7) is 3.95. The Morgan fingerprint density at radius 1 is 1.07 bits per heavy atom. The summed E-state index contributed by atoms with van der Waals surface area (Å²) >= 11 is 1.15. The molecule has 2 heterocycles. The number of carbonyl (C=O) groups is 1. The number of aryl methyl sites for hydroxylation is 3. The second-order valence-corrected chi connectivity index (χ2v) is 7.56. The Morgan fingerprint density at radius 3 is 2.32 bits per heavy atom. The highest BCUT2D eigenvalue weighted by atomic mass is 32.2. The minimum absolute atomic E-state index is 0.0981. The predicted molar refractivity (Wildman–Crippen MR) is 110 cm³/mol. The lowest BCUT2D eigenvalue weighted by molar-refractivity contribution is -0.118. The zero-order valence-corrected chi connectivity index (χ0v) is 17.2. The summed E-state index contributed by atoms with van der Waals surface area (Å²) in [5, 5.41) is 3.15. The van der Waals surface area contributed by atoms with Crippen molar-refractivity contribution in [2.24, 2.45) is 14.1 Å². The molecule has 3 rings (SSSR count). The summed E-state index contributed by atoms with van der Waals surface area (Å²) < 4.78 is 2.35. The lowest BCUT2D eigenvalue weighted by atomic mass is 10.1. The molecule has 8 nitrogen and oxygen atoms in total. The van der Waals surface area contributed by atoms with Gasteiger partial charge in [0.05, 0.1) is 5.75 Å². The summed E-state index contributed by atoms with van der Waals surface area (Å²) in [6, 6.07) is 5.93. The van der Waals surface area contributed by atoms with Gasteiger partial charge in [-0.15, -0.1) is 0 Å². The van der Waals surface area contributed by atoms with Gasteiger partial charge < -0.3 is 5.32 Å². The first-order valence-corrected chi connectivity index (χ1v) is 9.61. The molecule has 1 amide bonds. The van der Waals surface area contributed by atoms with Crippen molar-refractivity contribution in [1.29, 1.82) is 0 Å². The number of hydrogen-bond acceptors (Lipinski definition) is 6. The van der Waals surface area contributed by atoms with Crippen LogP contribution in [0.5, 0.6) is 0 Å². The molecule has 0 unspecified atom stereocenters. The van der Waals surface area contributed by atoms with E-state index < -0.39 is 11.2 Å². The van der Waals surface area contributed by atoms with Gasteiger partial charge in [-0.2, -0.15) is 0 Å². The van der Waals surface area contributed by atoms with E-state index in [1.165, 1.54) is 11.6 Å². The van der Waals surface area contributed by atoms with Gasteiger partial charge in [0.25, 0.3) is 5.56 Å². The number of fused-ring (bicyclic) bond motifs is 1. The first kappa shape index (κ1) is 19.8.